The summed E-state index contributed by atoms with van der Waals surface area (Å²) in [6.45, 7) is 3.24. The van der Waals surface area contributed by atoms with E-state index in [1.54, 1.807) is 18.2 Å². The minimum absolute atomic E-state index is 0.0248. The number of aryl methyl sites for hydroxylation is 1. The topological polar surface area (TPSA) is 104 Å². The standard InChI is InChI=1S/C23H25N5O3/c1-14-4-5-17(13-18(14)24-22(29)19-3-2-12-31-19)23(30)28-10-8-16(9-11-28)21-25-20(26-27-21)15-6-7-15/h2-5,12-13,15-16H,6-11H2,1H3,(H,24,29)(H,25,26,27). The van der Waals surface area contributed by atoms with Gasteiger partial charge in [-0.05, 0) is 62.4 Å². The van der Waals surface area contributed by atoms with E-state index in [0.29, 0.717) is 36.2 Å². The fraction of sp³-hybridized carbons (Fsp3) is 0.391. The van der Waals surface area contributed by atoms with E-state index >= 15 is 0 Å². The van der Waals surface area contributed by atoms with Crippen molar-refractivity contribution in [1.29, 1.82) is 0 Å². The Balaban J connectivity index is 1.23. The molecule has 3 heterocycles. The number of carbonyl (C=O) groups is 2. The fourth-order valence-corrected chi connectivity index (χ4v) is 4.01. The van der Waals surface area contributed by atoms with Crippen LogP contribution in [0.5, 0.6) is 0 Å². The van der Waals surface area contributed by atoms with Crippen molar-refractivity contribution >= 4 is 17.5 Å². The molecular formula is C23H25N5O3. The second kappa shape index (κ2) is 8.02. The molecule has 3 aromatic rings. The number of nitrogens with zero attached hydrogens (tertiary/aromatic N) is 3. The summed E-state index contributed by atoms with van der Waals surface area (Å²) in [5.41, 5.74) is 2.05. The van der Waals surface area contributed by atoms with E-state index < -0.39 is 0 Å². The molecule has 2 aliphatic rings. The number of likely N-dealkylation sites (tertiary alicyclic amines) is 1. The van der Waals surface area contributed by atoms with Crippen molar-refractivity contribution in [2.24, 2.45) is 0 Å². The van der Waals surface area contributed by atoms with Crippen LogP contribution >= 0.6 is 0 Å². The van der Waals surface area contributed by atoms with E-state index in [-0.39, 0.29) is 17.6 Å². The number of carbonyl (C=O) groups excluding carboxylic acids is 2. The first-order chi connectivity index (χ1) is 15.1. The lowest BCUT2D eigenvalue weighted by molar-refractivity contribution is 0.0711. The molecule has 1 saturated carbocycles. The first-order valence-electron chi connectivity index (χ1n) is 10.8. The number of benzene rings is 1. The zero-order valence-electron chi connectivity index (χ0n) is 17.4. The minimum atomic E-state index is -0.337. The van der Waals surface area contributed by atoms with Crippen LogP contribution in [0.15, 0.2) is 41.0 Å². The summed E-state index contributed by atoms with van der Waals surface area (Å²) in [4.78, 5) is 31.9. The number of H-pyrrole nitrogens is 1. The quantitative estimate of drug-likeness (QED) is 0.654. The van der Waals surface area contributed by atoms with Crippen molar-refractivity contribution < 1.29 is 14.0 Å². The summed E-state index contributed by atoms with van der Waals surface area (Å²) < 4.78 is 5.15. The number of nitrogens with one attached hydrogen (secondary N) is 2. The number of furan rings is 1. The number of aromatic amines is 1. The highest BCUT2D eigenvalue weighted by Crippen LogP contribution is 2.38. The Bertz CT molecular complexity index is 1090. The van der Waals surface area contributed by atoms with Crippen LogP contribution in [0.4, 0.5) is 5.69 Å². The van der Waals surface area contributed by atoms with Gasteiger partial charge in [0.05, 0.1) is 6.26 Å². The number of aromatic nitrogens is 3. The van der Waals surface area contributed by atoms with Gasteiger partial charge in [-0.2, -0.15) is 5.10 Å². The van der Waals surface area contributed by atoms with E-state index in [9.17, 15) is 9.59 Å². The summed E-state index contributed by atoms with van der Waals surface area (Å²) >= 11 is 0. The van der Waals surface area contributed by atoms with Gasteiger partial charge in [-0.15, -0.1) is 0 Å². The second-order valence-corrected chi connectivity index (χ2v) is 8.38. The van der Waals surface area contributed by atoms with Gasteiger partial charge in [-0.1, -0.05) is 6.07 Å². The van der Waals surface area contributed by atoms with Gasteiger partial charge >= 0.3 is 0 Å². The molecule has 2 amide bonds. The first-order valence-corrected chi connectivity index (χ1v) is 10.8. The maximum atomic E-state index is 13.1. The van der Waals surface area contributed by atoms with E-state index in [4.69, 9.17) is 4.42 Å². The summed E-state index contributed by atoms with van der Waals surface area (Å²) in [6, 6.07) is 8.67. The van der Waals surface area contributed by atoms with Crippen molar-refractivity contribution in [3.05, 3.63) is 65.1 Å². The lowest BCUT2D eigenvalue weighted by Gasteiger charge is -2.31. The van der Waals surface area contributed by atoms with Gasteiger partial charge in [-0.3, -0.25) is 14.7 Å². The predicted molar refractivity (Wildman–Crippen MR) is 114 cm³/mol. The summed E-state index contributed by atoms with van der Waals surface area (Å²) in [5.74, 6) is 2.61. The monoisotopic (exact) mass is 419 g/mol. The van der Waals surface area contributed by atoms with Gasteiger partial charge < -0.3 is 14.6 Å². The molecule has 2 aromatic heterocycles. The maximum absolute atomic E-state index is 13.1. The molecule has 8 heteroatoms. The minimum Gasteiger partial charge on any atom is -0.459 e. The molecular weight excluding hydrogens is 394 g/mol. The molecule has 0 atom stereocenters. The number of hydrogen-bond acceptors (Lipinski definition) is 5. The Morgan fingerprint density at radius 2 is 1.94 bits per heavy atom. The average molecular weight is 419 g/mol. The molecule has 1 aliphatic heterocycles. The highest BCUT2D eigenvalue weighted by Gasteiger charge is 2.31. The van der Waals surface area contributed by atoms with Crippen LogP contribution in [0.2, 0.25) is 0 Å². The van der Waals surface area contributed by atoms with E-state index in [1.165, 1.54) is 19.1 Å². The fourth-order valence-electron chi connectivity index (χ4n) is 4.01. The van der Waals surface area contributed by atoms with Gasteiger partial charge in [0.15, 0.2) is 11.6 Å². The van der Waals surface area contributed by atoms with Crippen LogP contribution in [0, 0.1) is 6.92 Å². The molecule has 2 fully saturated rings. The first kappa shape index (κ1) is 19.5. The van der Waals surface area contributed by atoms with Gasteiger partial charge in [0.25, 0.3) is 11.8 Å². The maximum Gasteiger partial charge on any atom is 0.291 e. The SMILES string of the molecule is Cc1ccc(C(=O)N2CCC(c3nc(C4CC4)n[nH]3)CC2)cc1NC(=O)c1ccco1. The van der Waals surface area contributed by atoms with Crippen LogP contribution in [-0.2, 0) is 0 Å². The number of rotatable bonds is 5. The Labute approximate surface area is 180 Å². The molecule has 5 rings (SSSR count). The number of hydrogen-bond donors (Lipinski definition) is 2. The normalized spacial score (nSPS) is 17.0. The number of piperidine rings is 1. The largest absolute Gasteiger partial charge is 0.459 e. The highest BCUT2D eigenvalue weighted by molar-refractivity contribution is 6.04. The van der Waals surface area contributed by atoms with Crippen molar-refractivity contribution in [1.82, 2.24) is 20.1 Å². The van der Waals surface area contributed by atoms with Crippen LogP contribution in [0.3, 0.4) is 0 Å². The molecule has 0 bridgehead atoms. The Hall–Kier alpha value is -3.42. The van der Waals surface area contributed by atoms with Crippen LogP contribution in [0.1, 0.15) is 75.6 Å². The molecule has 2 N–H and O–H groups in total. The molecule has 1 saturated heterocycles. The molecule has 1 aromatic carbocycles. The van der Waals surface area contributed by atoms with Gasteiger partial charge in [0.2, 0.25) is 0 Å². The smallest absolute Gasteiger partial charge is 0.291 e. The highest BCUT2D eigenvalue weighted by atomic mass is 16.3. The molecule has 1 aliphatic carbocycles. The van der Waals surface area contributed by atoms with E-state index in [0.717, 1.165) is 30.1 Å². The van der Waals surface area contributed by atoms with Gasteiger partial charge in [0.1, 0.15) is 5.82 Å². The molecule has 0 radical (unpaired) electrons. The lowest BCUT2D eigenvalue weighted by Crippen LogP contribution is -2.38. The summed E-state index contributed by atoms with van der Waals surface area (Å²) in [7, 11) is 0. The molecule has 0 spiro atoms. The zero-order chi connectivity index (χ0) is 21.4. The van der Waals surface area contributed by atoms with Gasteiger partial charge in [0, 0.05) is 36.2 Å². The van der Waals surface area contributed by atoms with Crippen molar-refractivity contribution in [2.45, 2.75) is 44.4 Å². The van der Waals surface area contributed by atoms with Gasteiger partial charge in [-0.25, -0.2) is 4.98 Å². The third-order valence-corrected chi connectivity index (χ3v) is 6.11. The lowest BCUT2D eigenvalue weighted by atomic mass is 9.95. The van der Waals surface area contributed by atoms with Crippen LogP contribution in [-0.4, -0.2) is 45.0 Å². The third-order valence-electron chi connectivity index (χ3n) is 6.11. The Morgan fingerprint density at radius 1 is 1.13 bits per heavy atom. The van der Waals surface area contributed by atoms with E-state index in [1.807, 2.05) is 24.0 Å². The van der Waals surface area contributed by atoms with E-state index in [2.05, 4.69) is 20.5 Å². The average Bonchev–Trinajstić information content (AvgIpc) is 3.27. The Morgan fingerprint density at radius 3 is 2.65 bits per heavy atom. The van der Waals surface area contributed by atoms with Crippen molar-refractivity contribution in [3.8, 4) is 0 Å². The number of anilines is 1. The summed E-state index contributed by atoms with van der Waals surface area (Å²) in [5, 5.41) is 10.3. The Kier molecular flexibility index (Phi) is 5.05. The number of amides is 2. The van der Waals surface area contributed by atoms with Crippen molar-refractivity contribution in [2.75, 3.05) is 18.4 Å². The molecule has 31 heavy (non-hydrogen) atoms. The second-order valence-electron chi connectivity index (χ2n) is 8.38. The molecule has 160 valence electrons. The zero-order valence-corrected chi connectivity index (χ0v) is 17.4. The predicted octanol–water partition coefficient (Wildman–Crippen LogP) is 3.86. The molecule has 8 nitrogen and oxygen atoms in total. The molecule has 0 unspecified atom stereocenters. The van der Waals surface area contributed by atoms with Crippen molar-refractivity contribution in [3.63, 3.8) is 0 Å². The summed E-state index contributed by atoms with van der Waals surface area (Å²) in [6.07, 6.45) is 5.55. The van der Waals surface area contributed by atoms with Crippen LogP contribution in [0.25, 0.3) is 0 Å². The third kappa shape index (κ3) is 4.10. The van der Waals surface area contributed by atoms with Crippen LogP contribution < -0.4 is 5.32 Å².